The maximum absolute atomic E-state index is 9.62. The summed E-state index contributed by atoms with van der Waals surface area (Å²) in [7, 11) is 8.25. The van der Waals surface area contributed by atoms with Crippen LogP contribution in [0, 0.1) is 0 Å². The lowest BCUT2D eigenvalue weighted by Crippen LogP contribution is -2.14. The standard InChI is InChI=1S/2C12H16N2O.C4H4O4/c2*1-14(2)7-6-9-8-13-12-10(9)4-3-5-11(12)15;5-3(6)1-2-4(7)8/h2*3-5,8,13,15H,6-7H2,1-2H3;1-2H,(H,5,6)(H,7,8)/b;;2-1+. The minimum absolute atomic E-state index is 0.323. The van der Waals surface area contributed by atoms with Crippen LogP contribution in [-0.4, -0.2) is 93.4 Å². The van der Waals surface area contributed by atoms with E-state index in [9.17, 15) is 19.8 Å². The van der Waals surface area contributed by atoms with Gasteiger partial charge in [-0.25, -0.2) is 9.59 Å². The second kappa shape index (κ2) is 14.5. The van der Waals surface area contributed by atoms with E-state index in [2.05, 4.69) is 48.0 Å². The number of rotatable bonds is 8. The van der Waals surface area contributed by atoms with E-state index in [0.717, 1.165) is 47.7 Å². The Morgan fingerprint density at radius 3 is 1.39 bits per heavy atom. The van der Waals surface area contributed by atoms with E-state index in [4.69, 9.17) is 10.2 Å². The molecule has 0 saturated carbocycles. The van der Waals surface area contributed by atoms with Crippen LogP contribution in [0.25, 0.3) is 21.8 Å². The summed E-state index contributed by atoms with van der Waals surface area (Å²) in [5.41, 5.74) is 4.20. The fourth-order valence-electron chi connectivity index (χ4n) is 3.64. The molecule has 2 aromatic heterocycles. The van der Waals surface area contributed by atoms with Crippen molar-refractivity contribution in [2.45, 2.75) is 12.8 Å². The number of phenolic OH excluding ortho intramolecular Hbond substituents is 2. The predicted octanol–water partition coefficient (Wildman–Crippen LogP) is 3.67. The number of aliphatic carboxylic acids is 2. The third-order valence-electron chi connectivity index (χ3n) is 5.58. The number of carboxylic acid groups (broad SMARTS) is 2. The number of fused-ring (bicyclic) bond motifs is 2. The number of hydrogen-bond donors (Lipinski definition) is 6. The van der Waals surface area contributed by atoms with E-state index in [1.165, 1.54) is 11.1 Å². The lowest BCUT2D eigenvalue weighted by molar-refractivity contribution is -0.134. The molecule has 204 valence electrons. The molecule has 0 fully saturated rings. The van der Waals surface area contributed by atoms with Crippen LogP contribution in [0.2, 0.25) is 0 Å². The Balaban J connectivity index is 0.000000211. The smallest absolute Gasteiger partial charge is 0.328 e. The van der Waals surface area contributed by atoms with Gasteiger partial charge in [0.15, 0.2) is 0 Å². The Kier molecular flexibility index (Phi) is 11.4. The molecule has 10 heteroatoms. The number of H-pyrrole nitrogens is 2. The van der Waals surface area contributed by atoms with Gasteiger partial charge in [-0.2, -0.15) is 0 Å². The van der Waals surface area contributed by atoms with Crippen LogP contribution in [-0.2, 0) is 22.4 Å². The fraction of sp³-hybridized carbons (Fsp3) is 0.286. The number of aromatic hydroxyl groups is 2. The number of aromatic nitrogens is 2. The molecular weight excluding hydrogens is 488 g/mol. The first kappa shape index (κ1) is 29.9. The zero-order chi connectivity index (χ0) is 28.2. The van der Waals surface area contributed by atoms with Gasteiger partial charge in [-0.15, -0.1) is 0 Å². The summed E-state index contributed by atoms with van der Waals surface area (Å²) in [5, 5.41) is 37.1. The molecule has 6 N–H and O–H groups in total. The number of nitrogens with one attached hydrogen (secondary N) is 2. The fourth-order valence-corrected chi connectivity index (χ4v) is 3.64. The first-order chi connectivity index (χ1) is 18.0. The number of likely N-dealkylation sites (N-methyl/N-ethyl adjacent to an activating group) is 2. The molecule has 0 aliphatic rings. The summed E-state index contributed by atoms with van der Waals surface area (Å²) in [6, 6.07) is 11.2. The highest BCUT2D eigenvalue weighted by Crippen LogP contribution is 2.27. The van der Waals surface area contributed by atoms with Crippen LogP contribution in [0.5, 0.6) is 11.5 Å². The normalized spacial score (nSPS) is 11.0. The average molecular weight is 525 g/mol. The molecule has 0 radical (unpaired) electrons. The van der Waals surface area contributed by atoms with Gasteiger partial charge in [0.25, 0.3) is 0 Å². The van der Waals surface area contributed by atoms with E-state index in [-0.39, 0.29) is 0 Å². The monoisotopic (exact) mass is 524 g/mol. The molecule has 4 rings (SSSR count). The highest BCUT2D eigenvalue weighted by molar-refractivity contribution is 5.90. The van der Waals surface area contributed by atoms with Crippen molar-refractivity contribution in [3.63, 3.8) is 0 Å². The highest BCUT2D eigenvalue weighted by Gasteiger charge is 2.07. The molecule has 0 bridgehead atoms. The minimum Gasteiger partial charge on any atom is -0.506 e. The maximum Gasteiger partial charge on any atom is 0.328 e. The summed E-state index contributed by atoms with van der Waals surface area (Å²) in [6.45, 7) is 2.03. The largest absolute Gasteiger partial charge is 0.506 e. The van der Waals surface area contributed by atoms with Gasteiger partial charge in [-0.1, -0.05) is 24.3 Å². The van der Waals surface area contributed by atoms with Crippen molar-refractivity contribution in [1.29, 1.82) is 0 Å². The van der Waals surface area contributed by atoms with Crippen LogP contribution >= 0.6 is 0 Å². The Hall–Kier alpha value is -4.28. The summed E-state index contributed by atoms with van der Waals surface area (Å²) >= 11 is 0. The van der Waals surface area contributed by atoms with E-state index in [0.29, 0.717) is 23.7 Å². The first-order valence-electron chi connectivity index (χ1n) is 12.0. The SMILES string of the molecule is CN(C)CCc1c[nH]c2c(O)cccc12.CN(C)CCc1c[nH]c2c(O)cccc12.O=C(O)/C=C/C(=O)O. The van der Waals surface area contributed by atoms with Gasteiger partial charge in [0.05, 0.1) is 11.0 Å². The molecule has 0 atom stereocenters. The topological polar surface area (TPSA) is 153 Å². The van der Waals surface area contributed by atoms with E-state index in [1.54, 1.807) is 12.1 Å². The Bertz CT molecular complexity index is 1270. The highest BCUT2D eigenvalue weighted by atomic mass is 16.4. The molecule has 0 unspecified atom stereocenters. The van der Waals surface area contributed by atoms with Gasteiger partial charge < -0.3 is 40.2 Å². The number of carbonyl (C=O) groups is 2. The molecule has 38 heavy (non-hydrogen) atoms. The summed E-state index contributed by atoms with van der Waals surface area (Å²) in [6.07, 6.45) is 7.07. The van der Waals surface area contributed by atoms with Gasteiger partial charge in [0.2, 0.25) is 0 Å². The average Bonchev–Trinajstić information content (AvgIpc) is 3.47. The summed E-state index contributed by atoms with van der Waals surface area (Å²) < 4.78 is 0. The van der Waals surface area contributed by atoms with Crippen LogP contribution in [0.1, 0.15) is 11.1 Å². The zero-order valence-corrected chi connectivity index (χ0v) is 22.1. The number of hydrogen-bond acceptors (Lipinski definition) is 6. The van der Waals surface area contributed by atoms with Crippen molar-refractivity contribution < 1.29 is 30.0 Å². The lowest BCUT2D eigenvalue weighted by atomic mass is 10.1. The van der Waals surface area contributed by atoms with Crippen molar-refractivity contribution in [3.05, 3.63) is 72.1 Å². The Morgan fingerprint density at radius 2 is 1.08 bits per heavy atom. The van der Waals surface area contributed by atoms with Crippen LogP contribution in [0.15, 0.2) is 60.9 Å². The quantitative estimate of drug-likeness (QED) is 0.191. The molecule has 2 heterocycles. The van der Waals surface area contributed by atoms with Crippen molar-refractivity contribution in [2.75, 3.05) is 41.3 Å². The van der Waals surface area contributed by atoms with Gasteiger partial charge >= 0.3 is 11.9 Å². The molecule has 0 spiro atoms. The van der Waals surface area contributed by atoms with Gasteiger partial charge in [0, 0.05) is 48.4 Å². The maximum atomic E-state index is 9.62. The van der Waals surface area contributed by atoms with Gasteiger partial charge in [-0.05, 0) is 64.3 Å². The van der Waals surface area contributed by atoms with Gasteiger partial charge in [-0.3, -0.25) is 0 Å². The zero-order valence-electron chi connectivity index (χ0n) is 22.1. The van der Waals surface area contributed by atoms with E-state index >= 15 is 0 Å². The second-order valence-electron chi connectivity index (χ2n) is 9.14. The third-order valence-corrected chi connectivity index (χ3v) is 5.58. The number of nitrogens with zero attached hydrogens (tertiary/aromatic N) is 2. The Labute approximate surface area is 221 Å². The van der Waals surface area contributed by atoms with E-state index < -0.39 is 11.9 Å². The predicted molar refractivity (Wildman–Crippen MR) is 149 cm³/mol. The number of carboxylic acids is 2. The van der Waals surface area contributed by atoms with Crippen LogP contribution in [0.4, 0.5) is 0 Å². The Morgan fingerprint density at radius 1 is 0.711 bits per heavy atom. The van der Waals surface area contributed by atoms with Crippen LogP contribution in [0.3, 0.4) is 0 Å². The summed E-state index contributed by atoms with van der Waals surface area (Å²) in [4.78, 5) is 29.6. The van der Waals surface area contributed by atoms with Crippen molar-refractivity contribution >= 4 is 33.7 Å². The van der Waals surface area contributed by atoms with Crippen molar-refractivity contribution in [2.24, 2.45) is 0 Å². The summed E-state index contributed by atoms with van der Waals surface area (Å²) in [5.74, 6) is -1.87. The number of phenols is 2. The second-order valence-corrected chi connectivity index (χ2v) is 9.14. The molecule has 2 aromatic carbocycles. The molecule has 0 aliphatic heterocycles. The number of aromatic amines is 2. The number of para-hydroxylation sites is 2. The van der Waals surface area contributed by atoms with E-state index in [1.807, 2.05) is 36.7 Å². The third kappa shape index (κ3) is 9.30. The molecule has 0 saturated heterocycles. The molecule has 10 nitrogen and oxygen atoms in total. The molecular formula is C28H36N4O6. The molecule has 0 amide bonds. The molecule has 4 aromatic rings. The minimum atomic E-state index is -1.26. The van der Waals surface area contributed by atoms with Crippen LogP contribution < -0.4 is 0 Å². The van der Waals surface area contributed by atoms with Gasteiger partial charge in [0.1, 0.15) is 11.5 Å². The van der Waals surface area contributed by atoms with Crippen molar-refractivity contribution in [1.82, 2.24) is 19.8 Å². The first-order valence-corrected chi connectivity index (χ1v) is 12.0. The lowest BCUT2D eigenvalue weighted by Gasteiger charge is -2.08. The van der Waals surface area contributed by atoms with Crippen molar-refractivity contribution in [3.8, 4) is 11.5 Å². The number of benzene rings is 2. The molecule has 0 aliphatic carbocycles.